The van der Waals surface area contributed by atoms with Gasteiger partial charge in [-0.15, -0.1) is 0 Å². The molecule has 2 aromatic rings. The second-order valence-electron chi connectivity index (χ2n) is 4.42. The van der Waals surface area contributed by atoms with Crippen LogP contribution >= 0.6 is 0 Å². The third-order valence-electron chi connectivity index (χ3n) is 3.06. The van der Waals surface area contributed by atoms with Crippen LogP contribution in [0.3, 0.4) is 0 Å². The number of hydrogen-bond donors (Lipinski definition) is 1. The quantitative estimate of drug-likeness (QED) is 0.905. The number of pyridine rings is 1. The second kappa shape index (κ2) is 5.19. The van der Waals surface area contributed by atoms with Crippen molar-refractivity contribution in [3.8, 4) is 0 Å². The number of anilines is 1. The number of amides is 1. The first-order chi connectivity index (χ1) is 9.33. The Labute approximate surface area is 110 Å². The summed E-state index contributed by atoms with van der Waals surface area (Å²) in [7, 11) is 0. The molecule has 3 heterocycles. The van der Waals surface area contributed by atoms with E-state index in [1.807, 2.05) is 10.9 Å². The van der Waals surface area contributed by atoms with Crippen LogP contribution in [0.25, 0.3) is 0 Å². The molecule has 0 aliphatic carbocycles. The maximum absolute atomic E-state index is 11.9. The molecule has 6 nitrogen and oxygen atoms in total. The summed E-state index contributed by atoms with van der Waals surface area (Å²) in [5.41, 5.74) is 1.21. The van der Waals surface area contributed by atoms with E-state index in [4.69, 9.17) is 4.74 Å². The molecule has 1 unspecified atom stereocenters. The molecule has 1 N–H and O–H groups in total. The van der Waals surface area contributed by atoms with Crippen molar-refractivity contribution in [1.82, 2.24) is 14.8 Å². The first-order valence-corrected chi connectivity index (χ1v) is 6.16. The molecule has 1 aliphatic heterocycles. The van der Waals surface area contributed by atoms with E-state index in [0.717, 1.165) is 13.0 Å². The lowest BCUT2D eigenvalue weighted by Gasteiger charge is -2.06. The number of ether oxygens (including phenoxy) is 1. The summed E-state index contributed by atoms with van der Waals surface area (Å²) in [5.74, 6) is -0.185. The van der Waals surface area contributed by atoms with Crippen molar-refractivity contribution in [2.24, 2.45) is 0 Å². The van der Waals surface area contributed by atoms with E-state index in [1.165, 1.54) is 6.20 Å². The van der Waals surface area contributed by atoms with Crippen LogP contribution < -0.4 is 5.32 Å². The van der Waals surface area contributed by atoms with Crippen LogP contribution in [0.4, 0.5) is 5.69 Å². The van der Waals surface area contributed by atoms with Crippen LogP contribution in [0.1, 0.15) is 22.8 Å². The summed E-state index contributed by atoms with van der Waals surface area (Å²) in [6.45, 7) is 1.44. The van der Waals surface area contributed by atoms with Crippen molar-refractivity contribution in [3.05, 3.63) is 42.5 Å². The Hall–Kier alpha value is -2.21. The highest BCUT2D eigenvalue weighted by Gasteiger charge is 2.18. The second-order valence-corrected chi connectivity index (χ2v) is 4.42. The molecule has 1 amide bonds. The Morgan fingerprint density at radius 3 is 3.16 bits per heavy atom. The Morgan fingerprint density at radius 2 is 2.42 bits per heavy atom. The molecule has 0 spiro atoms. The van der Waals surface area contributed by atoms with Crippen molar-refractivity contribution in [3.63, 3.8) is 0 Å². The minimum atomic E-state index is -0.185. The van der Waals surface area contributed by atoms with Crippen LogP contribution in [0, 0.1) is 0 Å². The number of rotatable bonds is 3. The zero-order valence-electron chi connectivity index (χ0n) is 10.3. The summed E-state index contributed by atoms with van der Waals surface area (Å²) in [6, 6.07) is 3.72. The van der Waals surface area contributed by atoms with Gasteiger partial charge in [-0.1, -0.05) is 0 Å². The van der Waals surface area contributed by atoms with E-state index in [9.17, 15) is 4.79 Å². The first kappa shape index (κ1) is 11.9. The molecular weight excluding hydrogens is 244 g/mol. The molecule has 19 heavy (non-hydrogen) atoms. The van der Waals surface area contributed by atoms with Gasteiger partial charge >= 0.3 is 0 Å². The fourth-order valence-corrected chi connectivity index (χ4v) is 2.03. The van der Waals surface area contributed by atoms with E-state index in [2.05, 4.69) is 15.4 Å². The van der Waals surface area contributed by atoms with Crippen LogP contribution in [0.15, 0.2) is 36.9 Å². The normalized spacial score (nSPS) is 18.4. The molecule has 3 rings (SSSR count). The number of nitrogens with zero attached hydrogens (tertiary/aromatic N) is 3. The highest BCUT2D eigenvalue weighted by molar-refractivity contribution is 6.03. The van der Waals surface area contributed by atoms with E-state index in [-0.39, 0.29) is 11.9 Å². The summed E-state index contributed by atoms with van der Waals surface area (Å²) >= 11 is 0. The molecule has 2 aromatic heterocycles. The highest BCUT2D eigenvalue weighted by Crippen LogP contribution is 2.19. The third-order valence-corrected chi connectivity index (χ3v) is 3.06. The molecule has 6 heteroatoms. The Balaban J connectivity index is 1.68. The van der Waals surface area contributed by atoms with Crippen molar-refractivity contribution >= 4 is 11.6 Å². The molecule has 1 saturated heterocycles. The Bertz CT molecular complexity index is 561. The average Bonchev–Trinajstić information content (AvgIpc) is 3.10. The lowest BCUT2D eigenvalue weighted by Crippen LogP contribution is -2.12. The zero-order valence-corrected chi connectivity index (χ0v) is 10.3. The number of hydrogen-bond acceptors (Lipinski definition) is 4. The van der Waals surface area contributed by atoms with Gasteiger partial charge in [0.05, 0.1) is 30.1 Å². The Kier molecular flexibility index (Phi) is 3.24. The van der Waals surface area contributed by atoms with Gasteiger partial charge in [0, 0.05) is 25.2 Å². The van der Waals surface area contributed by atoms with Gasteiger partial charge in [0.2, 0.25) is 0 Å². The van der Waals surface area contributed by atoms with Gasteiger partial charge in [-0.2, -0.15) is 5.10 Å². The molecule has 0 aromatic carbocycles. The molecule has 0 bridgehead atoms. The van der Waals surface area contributed by atoms with Crippen LogP contribution in [0.5, 0.6) is 0 Å². The van der Waals surface area contributed by atoms with Crippen molar-refractivity contribution < 1.29 is 9.53 Å². The summed E-state index contributed by atoms with van der Waals surface area (Å²) in [5, 5.41) is 7.05. The molecule has 0 radical (unpaired) electrons. The van der Waals surface area contributed by atoms with Gasteiger partial charge in [0.25, 0.3) is 5.91 Å². The van der Waals surface area contributed by atoms with Gasteiger partial charge in [-0.05, 0) is 18.6 Å². The monoisotopic (exact) mass is 258 g/mol. The first-order valence-electron chi connectivity index (χ1n) is 6.16. The number of aromatic nitrogens is 3. The largest absolute Gasteiger partial charge is 0.379 e. The Morgan fingerprint density at radius 1 is 1.47 bits per heavy atom. The lowest BCUT2D eigenvalue weighted by molar-refractivity contribution is 0.102. The summed E-state index contributed by atoms with van der Waals surface area (Å²) < 4.78 is 7.15. The fourth-order valence-electron chi connectivity index (χ4n) is 2.03. The van der Waals surface area contributed by atoms with Crippen molar-refractivity contribution in [2.45, 2.75) is 12.5 Å². The number of carbonyl (C=O) groups excluding carboxylic acids is 1. The number of carbonyl (C=O) groups is 1. The topological polar surface area (TPSA) is 69.0 Å². The molecule has 98 valence electrons. The van der Waals surface area contributed by atoms with Crippen LogP contribution in [-0.2, 0) is 4.74 Å². The fraction of sp³-hybridized carbons (Fsp3) is 0.308. The SMILES string of the molecule is O=C(Nc1cnn(C2CCOC2)c1)c1cccnc1. The smallest absolute Gasteiger partial charge is 0.257 e. The molecule has 1 atom stereocenters. The maximum Gasteiger partial charge on any atom is 0.257 e. The van der Waals surface area contributed by atoms with Gasteiger partial charge < -0.3 is 10.1 Å². The van der Waals surface area contributed by atoms with Gasteiger partial charge in [0.15, 0.2) is 0 Å². The van der Waals surface area contributed by atoms with E-state index in [0.29, 0.717) is 17.9 Å². The zero-order chi connectivity index (χ0) is 13.1. The molecule has 0 saturated carbocycles. The van der Waals surface area contributed by atoms with E-state index >= 15 is 0 Å². The van der Waals surface area contributed by atoms with Crippen molar-refractivity contribution in [1.29, 1.82) is 0 Å². The van der Waals surface area contributed by atoms with Crippen LogP contribution in [-0.4, -0.2) is 33.9 Å². The predicted molar refractivity (Wildman–Crippen MR) is 68.9 cm³/mol. The van der Waals surface area contributed by atoms with Crippen molar-refractivity contribution in [2.75, 3.05) is 18.5 Å². The standard InChI is InChI=1S/C13H14N4O2/c18-13(10-2-1-4-14-6-10)16-11-7-15-17(8-11)12-3-5-19-9-12/h1-2,4,6-8,12H,3,5,9H2,(H,16,18). The maximum atomic E-state index is 11.9. The summed E-state index contributed by atoms with van der Waals surface area (Å²) in [6.07, 6.45) is 7.59. The molecule has 1 aliphatic rings. The van der Waals surface area contributed by atoms with Crippen LogP contribution in [0.2, 0.25) is 0 Å². The van der Waals surface area contributed by atoms with E-state index < -0.39 is 0 Å². The third kappa shape index (κ3) is 2.63. The summed E-state index contributed by atoms with van der Waals surface area (Å²) in [4.78, 5) is 15.8. The average molecular weight is 258 g/mol. The van der Waals surface area contributed by atoms with Gasteiger partial charge in [0.1, 0.15) is 0 Å². The molecule has 1 fully saturated rings. The lowest BCUT2D eigenvalue weighted by atomic mass is 10.2. The van der Waals surface area contributed by atoms with Gasteiger partial charge in [-0.3, -0.25) is 14.5 Å². The molecular formula is C13H14N4O2. The minimum Gasteiger partial charge on any atom is -0.379 e. The predicted octanol–water partition coefficient (Wildman–Crippen LogP) is 1.49. The number of nitrogens with one attached hydrogen (secondary N) is 1. The highest BCUT2D eigenvalue weighted by atomic mass is 16.5. The van der Waals surface area contributed by atoms with E-state index in [1.54, 1.807) is 24.5 Å². The van der Waals surface area contributed by atoms with Gasteiger partial charge in [-0.25, -0.2) is 0 Å². The minimum absolute atomic E-state index is 0.185.